The van der Waals surface area contributed by atoms with Gasteiger partial charge < -0.3 is 14.2 Å². The summed E-state index contributed by atoms with van der Waals surface area (Å²) in [6.45, 7) is 9.16. The minimum Gasteiger partial charge on any atom is -0.454 e. The number of methoxy groups -OCH3 is 1. The standard InChI is InChI=1S/C14H24O5/c1-7-12(2,3)10(15)19-14(5)8-13(4,9-17-6)18-11(14)16/h7-9H2,1-6H3. The molecule has 0 spiro atoms. The normalized spacial score (nSPS) is 31.2. The minimum atomic E-state index is -1.23. The molecule has 0 bridgehead atoms. The quantitative estimate of drug-likeness (QED) is 0.717. The van der Waals surface area contributed by atoms with E-state index in [2.05, 4.69) is 0 Å². The van der Waals surface area contributed by atoms with Gasteiger partial charge in [0.05, 0.1) is 12.0 Å². The van der Waals surface area contributed by atoms with Crippen molar-refractivity contribution >= 4 is 11.9 Å². The van der Waals surface area contributed by atoms with Crippen molar-refractivity contribution in [3.63, 3.8) is 0 Å². The smallest absolute Gasteiger partial charge is 0.351 e. The van der Waals surface area contributed by atoms with Crippen molar-refractivity contribution in [1.29, 1.82) is 0 Å². The van der Waals surface area contributed by atoms with Gasteiger partial charge in [0.15, 0.2) is 0 Å². The SMILES string of the molecule is CCC(C)(C)C(=O)OC1(C)CC(C)(COC)OC1=O. The zero-order valence-electron chi connectivity index (χ0n) is 12.7. The third-order valence-corrected chi connectivity index (χ3v) is 3.69. The van der Waals surface area contributed by atoms with Crippen molar-refractivity contribution in [3.05, 3.63) is 0 Å². The van der Waals surface area contributed by atoms with Crippen molar-refractivity contribution in [2.45, 2.75) is 58.7 Å². The van der Waals surface area contributed by atoms with Crippen molar-refractivity contribution < 1.29 is 23.8 Å². The van der Waals surface area contributed by atoms with E-state index in [4.69, 9.17) is 14.2 Å². The van der Waals surface area contributed by atoms with Crippen molar-refractivity contribution in [1.82, 2.24) is 0 Å². The largest absolute Gasteiger partial charge is 0.454 e. The molecule has 0 N–H and O–H groups in total. The Morgan fingerprint density at radius 1 is 1.42 bits per heavy atom. The second kappa shape index (κ2) is 5.12. The Labute approximate surface area is 114 Å². The van der Waals surface area contributed by atoms with Crippen LogP contribution in [0.1, 0.15) is 47.5 Å². The Kier molecular flexibility index (Phi) is 4.30. The highest BCUT2D eigenvalue weighted by atomic mass is 16.6. The molecule has 1 heterocycles. The van der Waals surface area contributed by atoms with E-state index in [1.807, 2.05) is 6.92 Å². The molecule has 2 unspecified atom stereocenters. The van der Waals surface area contributed by atoms with E-state index >= 15 is 0 Å². The average molecular weight is 272 g/mol. The molecule has 5 heteroatoms. The van der Waals surface area contributed by atoms with Crippen LogP contribution < -0.4 is 0 Å². The van der Waals surface area contributed by atoms with Gasteiger partial charge in [-0.15, -0.1) is 0 Å². The summed E-state index contributed by atoms with van der Waals surface area (Å²) in [5.74, 6) is -0.886. The fraction of sp³-hybridized carbons (Fsp3) is 0.857. The highest BCUT2D eigenvalue weighted by molar-refractivity contribution is 5.86. The molecular weight excluding hydrogens is 248 g/mol. The minimum absolute atomic E-state index is 0.281. The molecule has 2 atom stereocenters. The molecule has 0 radical (unpaired) electrons. The zero-order chi connectivity index (χ0) is 14.9. The highest BCUT2D eigenvalue weighted by Crippen LogP contribution is 2.38. The molecule has 1 saturated heterocycles. The molecule has 1 fully saturated rings. The number of esters is 2. The third-order valence-electron chi connectivity index (χ3n) is 3.69. The summed E-state index contributed by atoms with van der Waals surface area (Å²) in [5, 5.41) is 0. The molecule has 110 valence electrons. The Bertz CT molecular complexity index is 376. The van der Waals surface area contributed by atoms with Gasteiger partial charge in [0.25, 0.3) is 0 Å². The van der Waals surface area contributed by atoms with E-state index in [1.165, 1.54) is 0 Å². The molecule has 1 aliphatic heterocycles. The summed E-state index contributed by atoms with van der Waals surface area (Å²) >= 11 is 0. The van der Waals surface area contributed by atoms with Crippen molar-refractivity contribution in [2.75, 3.05) is 13.7 Å². The maximum absolute atomic E-state index is 12.1. The number of hydrogen-bond acceptors (Lipinski definition) is 5. The lowest BCUT2D eigenvalue weighted by molar-refractivity contribution is -0.178. The van der Waals surface area contributed by atoms with E-state index in [0.717, 1.165) is 0 Å². The fourth-order valence-electron chi connectivity index (χ4n) is 2.10. The Hall–Kier alpha value is -1.10. The highest BCUT2D eigenvalue weighted by Gasteiger charge is 2.55. The first-order valence-corrected chi connectivity index (χ1v) is 6.54. The molecule has 0 amide bonds. The van der Waals surface area contributed by atoms with Gasteiger partial charge in [-0.3, -0.25) is 4.79 Å². The number of hydrogen-bond donors (Lipinski definition) is 0. The molecule has 1 rings (SSSR count). The molecule has 19 heavy (non-hydrogen) atoms. The molecular formula is C14H24O5. The lowest BCUT2D eigenvalue weighted by Crippen LogP contribution is -2.41. The number of cyclic esters (lactones) is 1. The number of ether oxygens (including phenoxy) is 3. The van der Waals surface area contributed by atoms with Crippen molar-refractivity contribution in [3.8, 4) is 0 Å². The van der Waals surface area contributed by atoms with Crippen LogP contribution in [0, 0.1) is 5.41 Å². The van der Waals surface area contributed by atoms with Crippen LogP contribution in [-0.2, 0) is 23.8 Å². The van der Waals surface area contributed by atoms with Gasteiger partial charge in [-0.1, -0.05) is 6.92 Å². The maximum atomic E-state index is 12.1. The summed E-state index contributed by atoms with van der Waals surface area (Å²) in [7, 11) is 1.54. The summed E-state index contributed by atoms with van der Waals surface area (Å²) in [4.78, 5) is 24.1. The zero-order valence-corrected chi connectivity index (χ0v) is 12.7. The lowest BCUT2D eigenvalue weighted by atomic mass is 9.89. The Balaban J connectivity index is 2.83. The van der Waals surface area contributed by atoms with E-state index in [9.17, 15) is 9.59 Å². The third kappa shape index (κ3) is 3.26. The Morgan fingerprint density at radius 2 is 2.00 bits per heavy atom. The Morgan fingerprint density at radius 3 is 2.47 bits per heavy atom. The van der Waals surface area contributed by atoms with Crippen LogP contribution in [0.15, 0.2) is 0 Å². The molecule has 0 aromatic rings. The van der Waals surface area contributed by atoms with Crippen LogP contribution in [-0.4, -0.2) is 36.9 Å². The van der Waals surface area contributed by atoms with Gasteiger partial charge in [0.1, 0.15) is 5.60 Å². The molecule has 5 nitrogen and oxygen atoms in total. The predicted octanol–water partition coefficient (Wildman–Crippen LogP) is 2.08. The number of rotatable bonds is 5. The monoisotopic (exact) mass is 272 g/mol. The van der Waals surface area contributed by atoms with Gasteiger partial charge >= 0.3 is 11.9 Å². The summed E-state index contributed by atoms with van der Waals surface area (Å²) in [6.07, 6.45) is 0.949. The first-order chi connectivity index (χ1) is 8.58. The van der Waals surface area contributed by atoms with Crippen LogP contribution in [0.25, 0.3) is 0 Å². The van der Waals surface area contributed by atoms with Crippen LogP contribution in [0.2, 0.25) is 0 Å². The van der Waals surface area contributed by atoms with Crippen LogP contribution in [0.4, 0.5) is 0 Å². The van der Waals surface area contributed by atoms with Crippen LogP contribution >= 0.6 is 0 Å². The summed E-state index contributed by atoms with van der Waals surface area (Å²) in [6, 6.07) is 0. The predicted molar refractivity (Wildman–Crippen MR) is 69.6 cm³/mol. The number of carbonyl (C=O) groups is 2. The van der Waals surface area contributed by atoms with E-state index < -0.39 is 22.6 Å². The molecule has 0 aromatic heterocycles. The van der Waals surface area contributed by atoms with E-state index in [1.54, 1.807) is 34.8 Å². The lowest BCUT2D eigenvalue weighted by Gasteiger charge is -2.28. The first kappa shape index (κ1) is 16.0. The molecule has 0 aromatic carbocycles. The first-order valence-electron chi connectivity index (χ1n) is 6.54. The van der Waals surface area contributed by atoms with E-state index in [-0.39, 0.29) is 12.6 Å². The van der Waals surface area contributed by atoms with Crippen LogP contribution in [0.3, 0.4) is 0 Å². The van der Waals surface area contributed by atoms with Crippen LogP contribution in [0.5, 0.6) is 0 Å². The maximum Gasteiger partial charge on any atom is 0.351 e. The second-order valence-corrected chi connectivity index (χ2v) is 6.31. The second-order valence-electron chi connectivity index (χ2n) is 6.31. The summed E-state index contributed by atoms with van der Waals surface area (Å²) in [5.41, 5.74) is -2.57. The van der Waals surface area contributed by atoms with E-state index in [0.29, 0.717) is 12.8 Å². The van der Waals surface area contributed by atoms with Gasteiger partial charge in [-0.25, -0.2) is 4.79 Å². The fourth-order valence-corrected chi connectivity index (χ4v) is 2.10. The average Bonchev–Trinajstić information content (AvgIpc) is 2.49. The topological polar surface area (TPSA) is 61.8 Å². The molecule has 1 aliphatic rings. The van der Waals surface area contributed by atoms with Gasteiger partial charge in [0.2, 0.25) is 5.60 Å². The molecule has 0 saturated carbocycles. The number of carbonyl (C=O) groups excluding carboxylic acids is 2. The van der Waals surface area contributed by atoms with Gasteiger partial charge in [-0.05, 0) is 34.1 Å². The summed E-state index contributed by atoms with van der Waals surface area (Å²) < 4.78 is 15.8. The van der Waals surface area contributed by atoms with Gasteiger partial charge in [-0.2, -0.15) is 0 Å². The van der Waals surface area contributed by atoms with Crippen molar-refractivity contribution in [2.24, 2.45) is 5.41 Å². The van der Waals surface area contributed by atoms with Gasteiger partial charge in [0, 0.05) is 13.5 Å². The molecule has 0 aliphatic carbocycles.